The van der Waals surface area contributed by atoms with Crippen LogP contribution in [0.4, 0.5) is 0 Å². The van der Waals surface area contributed by atoms with Crippen LogP contribution in [0.1, 0.15) is 51.9 Å². The minimum absolute atomic E-state index is 0.107. The van der Waals surface area contributed by atoms with Gasteiger partial charge in [0.25, 0.3) is 0 Å². The summed E-state index contributed by atoms with van der Waals surface area (Å²) in [7, 11) is 0. The van der Waals surface area contributed by atoms with Crippen molar-refractivity contribution in [3.63, 3.8) is 0 Å². The summed E-state index contributed by atoms with van der Waals surface area (Å²) in [6, 6.07) is -0.123. The molecule has 144 valence electrons. The van der Waals surface area contributed by atoms with E-state index in [4.69, 9.17) is 0 Å². The third-order valence-electron chi connectivity index (χ3n) is 5.08. The van der Waals surface area contributed by atoms with Crippen molar-refractivity contribution in [2.75, 3.05) is 26.2 Å². The normalized spacial score (nSPS) is 24.3. The molecule has 0 saturated carbocycles. The average Bonchev–Trinajstić information content (AvgIpc) is 2.66. The Kier molecular flexibility index (Phi) is 6.56. The molecule has 0 unspecified atom stereocenters. The third kappa shape index (κ3) is 4.78. The Labute approximate surface area is 158 Å². The quantitative estimate of drug-likeness (QED) is 0.750. The predicted molar refractivity (Wildman–Crippen MR) is 102 cm³/mol. The third-order valence-corrected chi connectivity index (χ3v) is 6.15. The van der Waals surface area contributed by atoms with E-state index in [1.807, 2.05) is 6.92 Å². The van der Waals surface area contributed by atoms with E-state index in [1.165, 1.54) is 0 Å². The number of carbonyl (C=O) groups excluding carboxylic acids is 3. The fourth-order valence-electron chi connectivity index (χ4n) is 3.65. The van der Waals surface area contributed by atoms with E-state index in [0.717, 1.165) is 50.3 Å². The molecule has 1 N–H and O–H groups in total. The van der Waals surface area contributed by atoms with Gasteiger partial charge in [-0.1, -0.05) is 11.8 Å². The lowest BCUT2D eigenvalue weighted by atomic mass is 10.1. The van der Waals surface area contributed by atoms with E-state index in [-0.39, 0.29) is 23.8 Å². The van der Waals surface area contributed by atoms with Gasteiger partial charge < -0.3 is 15.1 Å². The Hall–Kier alpha value is -1.57. The van der Waals surface area contributed by atoms with Crippen LogP contribution in [0.3, 0.4) is 0 Å². The second kappa shape index (κ2) is 8.88. The van der Waals surface area contributed by atoms with Gasteiger partial charge in [-0.15, -0.1) is 0 Å². The van der Waals surface area contributed by atoms with Crippen molar-refractivity contribution in [3.8, 4) is 0 Å². The van der Waals surface area contributed by atoms with Crippen LogP contribution in [-0.2, 0) is 14.4 Å². The van der Waals surface area contributed by atoms with Gasteiger partial charge in [0.2, 0.25) is 17.7 Å². The number of aliphatic imine (C=N–C) groups is 1. The summed E-state index contributed by atoms with van der Waals surface area (Å²) in [5, 5.41) is 2.27. The Morgan fingerprint density at radius 3 is 1.96 bits per heavy atom. The highest BCUT2D eigenvalue weighted by Gasteiger charge is 2.37. The van der Waals surface area contributed by atoms with E-state index in [9.17, 15) is 14.4 Å². The zero-order valence-corrected chi connectivity index (χ0v) is 16.2. The summed E-state index contributed by atoms with van der Waals surface area (Å²) >= 11 is 1.11. The average molecular weight is 381 g/mol. The Balaban J connectivity index is 1.77. The molecule has 0 aromatic rings. The SMILES string of the molecule is C[C@H]1CC(=O)NC(SC(C(=O)N2CCCCC2)C(=O)N2CCCCC2)=N1. The number of thioether (sulfide) groups is 1. The first-order valence-corrected chi connectivity index (χ1v) is 10.5. The maximum absolute atomic E-state index is 13.1. The van der Waals surface area contributed by atoms with Crippen molar-refractivity contribution < 1.29 is 14.4 Å². The molecular weight excluding hydrogens is 352 g/mol. The number of piperidine rings is 2. The smallest absolute Gasteiger partial charge is 0.245 e. The van der Waals surface area contributed by atoms with Gasteiger partial charge in [-0.25, -0.2) is 0 Å². The molecule has 8 heteroatoms. The molecule has 3 rings (SSSR count). The fourth-order valence-corrected chi connectivity index (χ4v) is 4.79. The predicted octanol–water partition coefficient (Wildman–Crippen LogP) is 1.38. The molecule has 7 nitrogen and oxygen atoms in total. The summed E-state index contributed by atoms with van der Waals surface area (Å²) < 4.78 is 0. The molecule has 0 aromatic carbocycles. The van der Waals surface area contributed by atoms with E-state index < -0.39 is 5.25 Å². The molecule has 26 heavy (non-hydrogen) atoms. The van der Waals surface area contributed by atoms with Crippen LogP contribution < -0.4 is 5.32 Å². The van der Waals surface area contributed by atoms with Crippen molar-refractivity contribution in [1.82, 2.24) is 15.1 Å². The molecule has 3 amide bonds. The van der Waals surface area contributed by atoms with Crippen LogP contribution in [0.25, 0.3) is 0 Å². The number of amides is 3. The van der Waals surface area contributed by atoms with Crippen LogP contribution in [0, 0.1) is 0 Å². The maximum Gasteiger partial charge on any atom is 0.245 e. The second-order valence-electron chi connectivity index (χ2n) is 7.31. The topological polar surface area (TPSA) is 82.1 Å². The van der Waals surface area contributed by atoms with Gasteiger partial charge >= 0.3 is 0 Å². The number of nitrogens with zero attached hydrogens (tertiary/aromatic N) is 3. The highest BCUT2D eigenvalue weighted by Crippen LogP contribution is 2.24. The summed E-state index contributed by atoms with van der Waals surface area (Å²) in [5.74, 6) is -0.384. The van der Waals surface area contributed by atoms with E-state index in [1.54, 1.807) is 9.80 Å². The molecule has 0 spiro atoms. The van der Waals surface area contributed by atoms with E-state index in [2.05, 4.69) is 10.3 Å². The van der Waals surface area contributed by atoms with Gasteiger partial charge in [-0.3, -0.25) is 19.4 Å². The zero-order valence-electron chi connectivity index (χ0n) is 15.4. The lowest BCUT2D eigenvalue weighted by molar-refractivity contribution is -0.140. The summed E-state index contributed by atoms with van der Waals surface area (Å²) in [6.45, 7) is 4.70. The fraction of sp³-hybridized carbons (Fsp3) is 0.778. The number of hydrogen-bond acceptors (Lipinski definition) is 5. The Morgan fingerprint density at radius 2 is 1.50 bits per heavy atom. The molecule has 2 fully saturated rings. The molecule has 0 aromatic heterocycles. The molecule has 3 aliphatic rings. The summed E-state index contributed by atoms with van der Waals surface area (Å²) in [5.41, 5.74) is 0. The van der Waals surface area contributed by atoms with Crippen LogP contribution in [0.15, 0.2) is 4.99 Å². The number of rotatable bonds is 3. The summed E-state index contributed by atoms with van der Waals surface area (Å²) in [4.78, 5) is 46.1. The molecule has 1 atom stereocenters. The van der Waals surface area contributed by atoms with Gasteiger partial charge in [0.15, 0.2) is 10.4 Å². The van der Waals surface area contributed by atoms with Gasteiger partial charge in [-0.2, -0.15) is 0 Å². The number of carbonyl (C=O) groups is 3. The second-order valence-corrected chi connectivity index (χ2v) is 8.40. The van der Waals surface area contributed by atoms with Gasteiger partial charge in [0, 0.05) is 32.6 Å². The first-order valence-electron chi connectivity index (χ1n) is 9.66. The molecule has 0 radical (unpaired) electrons. The number of nitrogens with one attached hydrogen (secondary N) is 1. The van der Waals surface area contributed by atoms with Crippen molar-refractivity contribution in [2.24, 2.45) is 4.99 Å². The standard InChI is InChI=1S/C18H28N4O3S/c1-13-12-14(23)20-18(19-13)26-15(16(24)21-8-4-2-5-9-21)17(25)22-10-6-3-7-11-22/h13,15H,2-12H2,1H3,(H,19,20,23)/t13-/m0/s1. The lowest BCUT2D eigenvalue weighted by Crippen LogP contribution is -2.51. The van der Waals surface area contributed by atoms with Crippen LogP contribution >= 0.6 is 11.8 Å². The first kappa shape index (κ1) is 19.2. The zero-order chi connectivity index (χ0) is 18.5. The lowest BCUT2D eigenvalue weighted by Gasteiger charge is -2.34. The molecule has 2 saturated heterocycles. The first-order chi connectivity index (χ1) is 12.5. The minimum atomic E-state index is -0.851. The molecular formula is C18H28N4O3S. The molecule has 0 aliphatic carbocycles. The summed E-state index contributed by atoms with van der Waals surface area (Å²) in [6.07, 6.45) is 6.52. The molecule has 0 bridgehead atoms. The van der Waals surface area contributed by atoms with Crippen LogP contribution in [0.2, 0.25) is 0 Å². The Bertz CT molecular complexity index is 553. The maximum atomic E-state index is 13.1. The van der Waals surface area contributed by atoms with E-state index in [0.29, 0.717) is 37.8 Å². The van der Waals surface area contributed by atoms with Crippen molar-refractivity contribution >= 4 is 34.7 Å². The number of amidine groups is 1. The van der Waals surface area contributed by atoms with Crippen molar-refractivity contribution in [3.05, 3.63) is 0 Å². The number of hydrogen-bond donors (Lipinski definition) is 1. The van der Waals surface area contributed by atoms with Crippen molar-refractivity contribution in [2.45, 2.75) is 63.2 Å². The number of likely N-dealkylation sites (tertiary alicyclic amines) is 2. The minimum Gasteiger partial charge on any atom is -0.341 e. The van der Waals surface area contributed by atoms with Gasteiger partial charge in [-0.05, 0) is 45.4 Å². The molecule has 3 heterocycles. The van der Waals surface area contributed by atoms with Crippen LogP contribution in [-0.4, -0.2) is 70.2 Å². The monoisotopic (exact) mass is 380 g/mol. The van der Waals surface area contributed by atoms with Crippen LogP contribution in [0.5, 0.6) is 0 Å². The largest absolute Gasteiger partial charge is 0.341 e. The Morgan fingerprint density at radius 1 is 1.00 bits per heavy atom. The van der Waals surface area contributed by atoms with E-state index >= 15 is 0 Å². The van der Waals surface area contributed by atoms with Gasteiger partial charge in [0.05, 0.1) is 6.04 Å². The van der Waals surface area contributed by atoms with Gasteiger partial charge in [0.1, 0.15) is 0 Å². The highest BCUT2D eigenvalue weighted by molar-refractivity contribution is 8.15. The highest BCUT2D eigenvalue weighted by atomic mass is 32.2. The molecule has 3 aliphatic heterocycles. The van der Waals surface area contributed by atoms with Crippen molar-refractivity contribution in [1.29, 1.82) is 0 Å².